The summed E-state index contributed by atoms with van der Waals surface area (Å²) in [5.41, 5.74) is 1.26. The minimum absolute atomic E-state index is 0.171. The van der Waals surface area contributed by atoms with Crippen LogP contribution in [0.5, 0.6) is 0 Å². The van der Waals surface area contributed by atoms with Gasteiger partial charge >= 0.3 is 0 Å². The summed E-state index contributed by atoms with van der Waals surface area (Å²) >= 11 is 0. The van der Waals surface area contributed by atoms with Crippen molar-refractivity contribution in [3.63, 3.8) is 0 Å². The lowest BCUT2D eigenvalue weighted by Gasteiger charge is -2.24. The number of hydrogen-bond donors (Lipinski definition) is 2. The smallest absolute Gasteiger partial charge is 0.225 e. The zero-order valence-corrected chi connectivity index (χ0v) is 11.8. The second-order valence-electron chi connectivity index (χ2n) is 5.38. The van der Waals surface area contributed by atoms with Crippen LogP contribution in [0, 0.1) is 6.92 Å². The molecule has 0 bridgehead atoms. The first kappa shape index (κ1) is 14.2. The molecule has 2 rings (SSSR count). The maximum atomic E-state index is 10.2. The van der Waals surface area contributed by atoms with Crippen molar-refractivity contribution in [3.05, 3.63) is 17.5 Å². The van der Waals surface area contributed by atoms with Crippen molar-refractivity contribution >= 4 is 5.95 Å². The average molecular weight is 265 g/mol. The molecule has 0 aliphatic carbocycles. The van der Waals surface area contributed by atoms with Crippen LogP contribution in [0.2, 0.25) is 0 Å². The summed E-state index contributed by atoms with van der Waals surface area (Å²) in [5.74, 6) is 0.740. The summed E-state index contributed by atoms with van der Waals surface area (Å²) in [6.07, 6.45) is 4.80. The molecule has 2 N–H and O–H groups in total. The molecule has 19 heavy (non-hydrogen) atoms. The van der Waals surface area contributed by atoms with Crippen molar-refractivity contribution in [1.82, 2.24) is 9.97 Å². The molecule has 1 saturated heterocycles. The first-order chi connectivity index (χ1) is 9.08. The minimum atomic E-state index is -0.937. The standard InChI is InChI=1S/C14H23N3O2/c1-3-12-11(2)9-15-13(16-12)17-7-4-5-14(19,10-18)6-8-17/h9,18-19H,3-8,10H2,1-2H3/t14-/m0/s1. The number of hydrogen-bond acceptors (Lipinski definition) is 5. The van der Waals surface area contributed by atoms with Gasteiger partial charge in [0.05, 0.1) is 12.2 Å². The van der Waals surface area contributed by atoms with Gasteiger partial charge in [0.1, 0.15) is 0 Å². The molecule has 0 saturated carbocycles. The topological polar surface area (TPSA) is 69.5 Å². The number of rotatable bonds is 3. The number of anilines is 1. The van der Waals surface area contributed by atoms with Gasteiger partial charge in [0, 0.05) is 25.0 Å². The molecule has 1 fully saturated rings. The third-order valence-corrected chi connectivity index (χ3v) is 3.89. The van der Waals surface area contributed by atoms with E-state index in [1.807, 2.05) is 13.1 Å². The summed E-state index contributed by atoms with van der Waals surface area (Å²) < 4.78 is 0. The van der Waals surface area contributed by atoms with Gasteiger partial charge in [0.25, 0.3) is 0 Å². The molecule has 5 nitrogen and oxygen atoms in total. The number of aromatic nitrogens is 2. The number of nitrogens with zero attached hydrogens (tertiary/aromatic N) is 3. The fourth-order valence-electron chi connectivity index (χ4n) is 2.51. The van der Waals surface area contributed by atoms with Crippen LogP contribution in [0.25, 0.3) is 0 Å². The zero-order chi connectivity index (χ0) is 13.9. The Morgan fingerprint density at radius 1 is 1.37 bits per heavy atom. The first-order valence-electron chi connectivity index (χ1n) is 6.98. The minimum Gasteiger partial charge on any atom is -0.393 e. The Balaban J connectivity index is 2.14. The Bertz CT molecular complexity index is 439. The highest BCUT2D eigenvalue weighted by molar-refractivity contribution is 5.33. The fourth-order valence-corrected chi connectivity index (χ4v) is 2.51. The molecule has 106 valence electrons. The van der Waals surface area contributed by atoms with E-state index < -0.39 is 5.60 Å². The van der Waals surface area contributed by atoms with Crippen LogP contribution >= 0.6 is 0 Å². The quantitative estimate of drug-likeness (QED) is 0.855. The molecule has 0 radical (unpaired) electrons. The fraction of sp³-hybridized carbons (Fsp3) is 0.714. The van der Waals surface area contributed by atoms with Gasteiger partial charge in [0.2, 0.25) is 5.95 Å². The van der Waals surface area contributed by atoms with Crippen molar-refractivity contribution in [2.45, 2.75) is 45.1 Å². The molecule has 2 heterocycles. The predicted octanol–water partition coefficient (Wildman–Crippen LogP) is 1.06. The van der Waals surface area contributed by atoms with Crippen LogP contribution in [-0.4, -0.2) is 45.5 Å². The lowest BCUT2D eigenvalue weighted by atomic mass is 9.96. The monoisotopic (exact) mass is 265 g/mol. The summed E-state index contributed by atoms with van der Waals surface area (Å²) in [6.45, 7) is 5.45. The van der Waals surface area contributed by atoms with Gasteiger partial charge in [-0.1, -0.05) is 6.92 Å². The van der Waals surface area contributed by atoms with E-state index in [4.69, 9.17) is 0 Å². The zero-order valence-electron chi connectivity index (χ0n) is 11.8. The second kappa shape index (κ2) is 5.84. The Morgan fingerprint density at radius 3 is 2.84 bits per heavy atom. The van der Waals surface area contributed by atoms with Crippen molar-refractivity contribution in [1.29, 1.82) is 0 Å². The molecular formula is C14H23N3O2. The van der Waals surface area contributed by atoms with Gasteiger partial charge in [0.15, 0.2) is 0 Å². The van der Waals surface area contributed by atoms with E-state index in [1.54, 1.807) is 0 Å². The van der Waals surface area contributed by atoms with Crippen LogP contribution in [-0.2, 0) is 6.42 Å². The van der Waals surface area contributed by atoms with Crippen molar-refractivity contribution in [3.8, 4) is 0 Å². The van der Waals surface area contributed by atoms with Crippen LogP contribution in [0.3, 0.4) is 0 Å². The lowest BCUT2D eigenvalue weighted by molar-refractivity contribution is -0.0232. The molecule has 0 spiro atoms. The molecule has 5 heteroatoms. The van der Waals surface area contributed by atoms with E-state index in [0.29, 0.717) is 19.4 Å². The molecule has 0 aromatic carbocycles. The Labute approximate surface area is 114 Å². The number of aryl methyl sites for hydroxylation is 2. The van der Waals surface area contributed by atoms with Crippen molar-refractivity contribution in [2.75, 3.05) is 24.6 Å². The van der Waals surface area contributed by atoms with Gasteiger partial charge in [-0.3, -0.25) is 0 Å². The highest BCUT2D eigenvalue weighted by atomic mass is 16.3. The third-order valence-electron chi connectivity index (χ3n) is 3.89. The summed E-state index contributed by atoms with van der Waals surface area (Å²) in [7, 11) is 0. The van der Waals surface area contributed by atoms with E-state index in [-0.39, 0.29) is 6.61 Å². The van der Waals surface area contributed by atoms with Gasteiger partial charge in [-0.15, -0.1) is 0 Å². The van der Waals surface area contributed by atoms with E-state index >= 15 is 0 Å². The van der Waals surface area contributed by atoms with Gasteiger partial charge < -0.3 is 15.1 Å². The SMILES string of the molecule is CCc1nc(N2CCC[C@@](O)(CO)CC2)ncc1C. The Hall–Kier alpha value is -1.20. The van der Waals surface area contributed by atoms with Gasteiger partial charge in [-0.25, -0.2) is 9.97 Å². The molecule has 1 atom stereocenters. The number of aliphatic hydroxyl groups excluding tert-OH is 1. The Morgan fingerprint density at radius 2 is 2.16 bits per heavy atom. The molecule has 0 unspecified atom stereocenters. The summed E-state index contributed by atoms with van der Waals surface area (Å²) in [6, 6.07) is 0. The summed E-state index contributed by atoms with van der Waals surface area (Å²) in [5, 5.41) is 19.4. The molecule has 1 aromatic heterocycles. The lowest BCUT2D eigenvalue weighted by Crippen LogP contribution is -2.35. The van der Waals surface area contributed by atoms with Crippen LogP contribution in [0.15, 0.2) is 6.20 Å². The number of aliphatic hydroxyl groups is 2. The third kappa shape index (κ3) is 3.22. The molecule has 1 aliphatic heterocycles. The van der Waals surface area contributed by atoms with E-state index in [0.717, 1.165) is 36.6 Å². The van der Waals surface area contributed by atoms with Crippen molar-refractivity contribution < 1.29 is 10.2 Å². The molecule has 0 amide bonds. The van der Waals surface area contributed by atoms with Crippen LogP contribution < -0.4 is 4.90 Å². The van der Waals surface area contributed by atoms with E-state index in [2.05, 4.69) is 21.8 Å². The van der Waals surface area contributed by atoms with Gasteiger partial charge in [-0.2, -0.15) is 0 Å². The highest BCUT2D eigenvalue weighted by Gasteiger charge is 2.30. The Kier molecular flexibility index (Phi) is 4.37. The summed E-state index contributed by atoms with van der Waals surface area (Å²) in [4.78, 5) is 11.1. The van der Waals surface area contributed by atoms with Gasteiger partial charge in [-0.05, 0) is 38.2 Å². The van der Waals surface area contributed by atoms with Crippen LogP contribution in [0.1, 0.15) is 37.4 Å². The van der Waals surface area contributed by atoms with Crippen molar-refractivity contribution in [2.24, 2.45) is 0 Å². The molecular weight excluding hydrogens is 242 g/mol. The maximum absolute atomic E-state index is 10.2. The van der Waals surface area contributed by atoms with E-state index in [1.165, 1.54) is 0 Å². The second-order valence-corrected chi connectivity index (χ2v) is 5.38. The van der Waals surface area contributed by atoms with Crippen LogP contribution in [0.4, 0.5) is 5.95 Å². The first-order valence-corrected chi connectivity index (χ1v) is 6.98. The van der Waals surface area contributed by atoms with E-state index in [9.17, 15) is 10.2 Å². The predicted molar refractivity (Wildman–Crippen MR) is 74.2 cm³/mol. The largest absolute Gasteiger partial charge is 0.393 e. The molecule has 1 aliphatic rings. The average Bonchev–Trinajstić information content (AvgIpc) is 2.62. The molecule has 1 aromatic rings. The normalized spacial score (nSPS) is 24.3. The maximum Gasteiger partial charge on any atom is 0.225 e. The highest BCUT2D eigenvalue weighted by Crippen LogP contribution is 2.24.